The molecule has 0 saturated carbocycles. The Balaban J connectivity index is 1.66. The molecule has 3 aliphatic heterocycles. The van der Waals surface area contributed by atoms with Crippen LogP contribution >= 0.6 is 0 Å². The van der Waals surface area contributed by atoms with E-state index < -0.39 is 0 Å². The van der Waals surface area contributed by atoms with Crippen molar-refractivity contribution < 1.29 is 5.11 Å². The third-order valence-electron chi connectivity index (χ3n) is 5.95. The van der Waals surface area contributed by atoms with Crippen molar-refractivity contribution in [3.05, 3.63) is 70.6 Å². The molecule has 0 atom stereocenters. The minimum atomic E-state index is 0.195. The van der Waals surface area contributed by atoms with Crippen molar-refractivity contribution in [2.45, 2.75) is 32.7 Å². The van der Waals surface area contributed by atoms with Crippen LogP contribution in [0.4, 0.5) is 0 Å². The van der Waals surface area contributed by atoms with Gasteiger partial charge in [0, 0.05) is 55.6 Å². The van der Waals surface area contributed by atoms with E-state index in [0.717, 1.165) is 60.6 Å². The molecule has 0 aromatic rings. The van der Waals surface area contributed by atoms with Crippen LogP contribution in [0, 0.1) is 11.3 Å². The molecule has 9 heteroatoms. The second kappa shape index (κ2) is 12.2. The van der Waals surface area contributed by atoms with Gasteiger partial charge in [-0.1, -0.05) is 13.8 Å². The summed E-state index contributed by atoms with van der Waals surface area (Å²) in [6.45, 7) is 6.84. The number of rotatable bonds is 9. The number of nitrogens with two attached hydrogens (primary N) is 2. The number of amidine groups is 1. The number of hydrogen-bond donors (Lipinski definition) is 6. The van der Waals surface area contributed by atoms with Crippen molar-refractivity contribution in [3.63, 3.8) is 0 Å². The average Bonchev–Trinajstić information content (AvgIpc) is 2.83. The van der Waals surface area contributed by atoms with Gasteiger partial charge in [0.2, 0.25) is 0 Å². The third kappa shape index (κ3) is 6.79. The molecule has 3 rings (SSSR count). The summed E-state index contributed by atoms with van der Waals surface area (Å²) in [7, 11) is 0. The summed E-state index contributed by atoms with van der Waals surface area (Å²) in [5.41, 5.74) is 16.3. The first-order chi connectivity index (χ1) is 16.4. The Morgan fingerprint density at radius 2 is 2.06 bits per heavy atom. The molecule has 0 radical (unpaired) electrons. The Hall–Kier alpha value is -3.43. The minimum absolute atomic E-state index is 0.195. The quantitative estimate of drug-likeness (QED) is 0.226. The van der Waals surface area contributed by atoms with Crippen molar-refractivity contribution in [2.75, 3.05) is 26.2 Å². The van der Waals surface area contributed by atoms with Crippen LogP contribution in [-0.2, 0) is 0 Å². The van der Waals surface area contributed by atoms with E-state index in [2.05, 4.69) is 20.5 Å². The summed E-state index contributed by atoms with van der Waals surface area (Å²) < 4.78 is 0. The number of dihydropyridines is 2. The normalized spacial score (nSPS) is 20.8. The van der Waals surface area contributed by atoms with Gasteiger partial charge in [-0.05, 0) is 48.6 Å². The molecule has 3 heterocycles. The van der Waals surface area contributed by atoms with Crippen LogP contribution in [0.5, 0.6) is 0 Å². The van der Waals surface area contributed by atoms with Crippen molar-refractivity contribution >= 4 is 18.3 Å². The summed E-state index contributed by atoms with van der Waals surface area (Å²) in [5.74, 6) is 1.14. The Morgan fingerprint density at radius 3 is 2.71 bits per heavy atom. The highest BCUT2D eigenvalue weighted by Gasteiger charge is 2.19. The molecule has 1 fully saturated rings. The van der Waals surface area contributed by atoms with Gasteiger partial charge < -0.3 is 37.5 Å². The van der Waals surface area contributed by atoms with Gasteiger partial charge in [-0.25, -0.2) is 4.99 Å². The topological polar surface area (TPSA) is 148 Å². The van der Waals surface area contributed by atoms with Crippen molar-refractivity contribution in [1.82, 2.24) is 15.5 Å². The van der Waals surface area contributed by atoms with Gasteiger partial charge in [0.15, 0.2) is 0 Å². The third-order valence-corrected chi connectivity index (χ3v) is 5.95. The van der Waals surface area contributed by atoms with E-state index in [0.29, 0.717) is 11.7 Å². The summed E-state index contributed by atoms with van der Waals surface area (Å²) in [6, 6.07) is 0.259. The minimum Gasteiger partial charge on any atom is -0.404 e. The first-order valence-corrected chi connectivity index (χ1v) is 11.7. The fourth-order valence-corrected chi connectivity index (χ4v) is 3.87. The largest absolute Gasteiger partial charge is 0.404 e. The molecule has 0 aromatic carbocycles. The molecule has 8 N–H and O–H groups in total. The van der Waals surface area contributed by atoms with E-state index in [1.807, 2.05) is 44.5 Å². The number of β-amino-alcohol motifs (C(OH)–C–C–N with tert-alkyl or cyclic N) is 1. The van der Waals surface area contributed by atoms with Gasteiger partial charge in [0.1, 0.15) is 11.7 Å². The average molecular weight is 465 g/mol. The molecule has 9 nitrogen and oxygen atoms in total. The summed E-state index contributed by atoms with van der Waals surface area (Å²) >= 11 is 0. The zero-order valence-electron chi connectivity index (χ0n) is 20.0. The van der Waals surface area contributed by atoms with Crippen LogP contribution in [-0.4, -0.2) is 60.6 Å². The number of aliphatic imine (C=N–C) groups is 2. The number of aliphatic hydroxyl groups is 1. The lowest BCUT2D eigenvalue weighted by Crippen LogP contribution is -2.37. The predicted molar refractivity (Wildman–Crippen MR) is 139 cm³/mol. The predicted octanol–water partition coefficient (Wildman–Crippen LogP) is 1.65. The molecular formula is C25H36N8O. The number of piperidine rings is 1. The van der Waals surface area contributed by atoms with Gasteiger partial charge in [-0.15, -0.1) is 0 Å². The molecule has 182 valence electrons. The van der Waals surface area contributed by atoms with E-state index in [-0.39, 0.29) is 18.6 Å². The second-order valence-electron chi connectivity index (χ2n) is 8.74. The van der Waals surface area contributed by atoms with Crippen LogP contribution in [0.25, 0.3) is 0 Å². The maximum Gasteiger partial charge on any atom is 0.132 e. The number of nitrogens with one attached hydrogen (secondary N) is 3. The van der Waals surface area contributed by atoms with E-state index >= 15 is 0 Å². The number of likely N-dealkylation sites (tertiary alicyclic amines) is 1. The Bertz CT molecular complexity index is 1000. The molecule has 34 heavy (non-hydrogen) atoms. The summed E-state index contributed by atoms with van der Waals surface area (Å²) in [4.78, 5) is 11.5. The highest BCUT2D eigenvalue weighted by Crippen LogP contribution is 2.23. The van der Waals surface area contributed by atoms with Crippen LogP contribution < -0.4 is 22.1 Å². The molecular weight excluding hydrogens is 428 g/mol. The van der Waals surface area contributed by atoms with E-state index in [9.17, 15) is 0 Å². The van der Waals surface area contributed by atoms with E-state index in [1.165, 1.54) is 6.21 Å². The summed E-state index contributed by atoms with van der Waals surface area (Å²) in [5, 5.41) is 23.2. The van der Waals surface area contributed by atoms with Crippen LogP contribution in [0.3, 0.4) is 0 Å². The SMILES string of the molecule is CC(C)C(C=N)=CC(N)=NC1=CC=C2NC=C(C(C=NC3CCN(CCO)CC3)=CN)C=C2N1. The fourth-order valence-electron chi connectivity index (χ4n) is 3.87. The monoisotopic (exact) mass is 464 g/mol. The maximum atomic E-state index is 9.10. The van der Waals surface area contributed by atoms with Crippen LogP contribution in [0.15, 0.2) is 80.6 Å². The zero-order valence-corrected chi connectivity index (χ0v) is 20.0. The lowest BCUT2D eigenvalue weighted by atomic mass is 10.0. The van der Waals surface area contributed by atoms with E-state index in [1.54, 1.807) is 12.3 Å². The molecule has 0 spiro atoms. The Labute approximate surface area is 201 Å². The number of hydrogen-bond acceptors (Lipinski definition) is 8. The van der Waals surface area contributed by atoms with Gasteiger partial charge in [0.05, 0.1) is 24.0 Å². The summed E-state index contributed by atoms with van der Waals surface area (Å²) in [6.07, 6.45) is 16.1. The van der Waals surface area contributed by atoms with E-state index in [4.69, 9.17) is 27.0 Å². The number of aliphatic hydroxyl groups excluding tert-OH is 1. The maximum absolute atomic E-state index is 9.10. The zero-order chi connectivity index (χ0) is 24.5. The van der Waals surface area contributed by atoms with Gasteiger partial charge in [-0.2, -0.15) is 0 Å². The molecule has 0 amide bonds. The molecule has 0 aromatic heterocycles. The lowest BCUT2D eigenvalue weighted by Gasteiger charge is -2.29. The standard InChI is InChI=1S/C25H36N8O/c1-17(2)18(13-26)12-24(28)32-25-4-3-22-23(31-25)11-19(15-30-22)20(14-27)16-29-21-5-7-33(8-6-21)9-10-34/h3-4,11-17,21,26,30-31,34H,5-10,27H2,1-2H3,(H2,28,32). The molecule has 1 saturated heterocycles. The van der Waals surface area contributed by atoms with Gasteiger partial charge in [0.25, 0.3) is 0 Å². The van der Waals surface area contributed by atoms with Crippen LogP contribution in [0.1, 0.15) is 26.7 Å². The van der Waals surface area contributed by atoms with Crippen molar-refractivity contribution in [2.24, 2.45) is 27.4 Å². The van der Waals surface area contributed by atoms with Gasteiger partial charge >= 0.3 is 0 Å². The molecule has 0 aliphatic carbocycles. The Kier molecular flexibility index (Phi) is 9.00. The first-order valence-electron chi connectivity index (χ1n) is 11.7. The number of nitrogens with zero attached hydrogens (tertiary/aromatic N) is 3. The Morgan fingerprint density at radius 1 is 1.29 bits per heavy atom. The van der Waals surface area contributed by atoms with Crippen LogP contribution in [0.2, 0.25) is 0 Å². The molecule has 0 unspecified atom stereocenters. The first kappa shape index (κ1) is 25.2. The van der Waals surface area contributed by atoms with Gasteiger partial charge in [-0.3, -0.25) is 4.99 Å². The second-order valence-corrected chi connectivity index (χ2v) is 8.74. The highest BCUT2D eigenvalue weighted by molar-refractivity contribution is 5.97. The fraction of sp³-hybridized carbons (Fsp3) is 0.400. The number of fused-ring (bicyclic) bond motifs is 1. The van der Waals surface area contributed by atoms with Crippen molar-refractivity contribution in [1.29, 1.82) is 5.41 Å². The molecule has 0 bridgehead atoms. The highest BCUT2D eigenvalue weighted by atomic mass is 16.3. The lowest BCUT2D eigenvalue weighted by molar-refractivity contribution is 0.165. The molecule has 3 aliphatic rings. The van der Waals surface area contributed by atoms with Crippen molar-refractivity contribution in [3.8, 4) is 0 Å². The smallest absolute Gasteiger partial charge is 0.132 e. The number of allylic oxidation sites excluding steroid dienone is 6.